The molecular formula is C22H20N2O2S2. The molecule has 1 aliphatic heterocycles. The Bertz CT molecular complexity index is 1110. The number of rotatable bonds is 4. The summed E-state index contributed by atoms with van der Waals surface area (Å²) in [5.74, 6) is 1.64. The highest BCUT2D eigenvalue weighted by molar-refractivity contribution is 7.14. The third kappa shape index (κ3) is 3.12. The third-order valence-corrected chi connectivity index (χ3v) is 6.65. The maximum atomic E-state index is 6.16. The van der Waals surface area contributed by atoms with Crippen molar-refractivity contribution in [3.05, 3.63) is 63.9 Å². The number of nitrogens with zero attached hydrogens (tertiary/aromatic N) is 2. The Morgan fingerprint density at radius 1 is 1.14 bits per heavy atom. The van der Waals surface area contributed by atoms with Crippen LogP contribution in [0.3, 0.4) is 0 Å². The fraction of sp³-hybridized carbons (Fsp3) is 0.227. The van der Waals surface area contributed by atoms with Gasteiger partial charge in [0, 0.05) is 33.3 Å². The summed E-state index contributed by atoms with van der Waals surface area (Å²) in [4.78, 5) is 4.87. The summed E-state index contributed by atoms with van der Waals surface area (Å²) >= 11 is 3.40. The van der Waals surface area contributed by atoms with Crippen LogP contribution in [0.2, 0.25) is 0 Å². The number of thiazole rings is 1. The molecule has 0 spiro atoms. The van der Waals surface area contributed by atoms with E-state index >= 15 is 0 Å². The van der Waals surface area contributed by atoms with Crippen LogP contribution in [0.15, 0.2) is 52.5 Å². The molecule has 4 nitrogen and oxygen atoms in total. The number of thiophene rings is 1. The van der Waals surface area contributed by atoms with Crippen molar-refractivity contribution in [2.75, 3.05) is 6.61 Å². The van der Waals surface area contributed by atoms with Crippen molar-refractivity contribution in [2.45, 2.75) is 26.5 Å². The minimum Gasteiger partial charge on any atom is -0.486 e. The van der Waals surface area contributed by atoms with Gasteiger partial charge in [-0.05, 0) is 43.5 Å². The van der Waals surface area contributed by atoms with Gasteiger partial charge in [0.15, 0.2) is 17.6 Å². The average Bonchev–Trinajstić information content (AvgIpc) is 3.45. The van der Waals surface area contributed by atoms with Gasteiger partial charge in [0.2, 0.25) is 0 Å². The second-order valence-corrected chi connectivity index (χ2v) is 8.58. The highest BCUT2D eigenvalue weighted by atomic mass is 32.1. The standard InChI is InChI=1S/C22H20N2O2S2/c1-14-9-18(19-13-28-22(23-19)16-7-8-27-12-16)15(2)24(14)10-17-11-25-20-5-3-4-6-21(20)26-17/h3-9,12-13,17H,10-11H2,1-2H3. The first kappa shape index (κ1) is 17.5. The highest BCUT2D eigenvalue weighted by Crippen LogP contribution is 2.34. The molecule has 0 bridgehead atoms. The first-order chi connectivity index (χ1) is 13.7. The molecule has 3 aromatic heterocycles. The van der Waals surface area contributed by atoms with Gasteiger partial charge in [-0.15, -0.1) is 11.3 Å². The van der Waals surface area contributed by atoms with Crippen LogP contribution in [0.25, 0.3) is 21.8 Å². The molecule has 0 amide bonds. The van der Waals surface area contributed by atoms with Crippen molar-refractivity contribution < 1.29 is 9.47 Å². The largest absolute Gasteiger partial charge is 0.486 e. The van der Waals surface area contributed by atoms with Crippen molar-refractivity contribution >= 4 is 22.7 Å². The van der Waals surface area contributed by atoms with Gasteiger partial charge < -0.3 is 14.0 Å². The van der Waals surface area contributed by atoms with Crippen LogP contribution >= 0.6 is 22.7 Å². The summed E-state index contributed by atoms with van der Waals surface area (Å²) in [6.07, 6.45) is -0.00986. The molecule has 6 heteroatoms. The molecule has 4 heterocycles. The second kappa shape index (κ2) is 7.11. The summed E-state index contributed by atoms with van der Waals surface area (Å²) in [7, 11) is 0. The maximum absolute atomic E-state index is 6.16. The number of ether oxygens (including phenoxy) is 2. The van der Waals surface area contributed by atoms with E-state index in [1.54, 1.807) is 22.7 Å². The Morgan fingerprint density at radius 3 is 2.82 bits per heavy atom. The third-order valence-electron chi connectivity index (χ3n) is 5.08. The lowest BCUT2D eigenvalue weighted by Crippen LogP contribution is -2.33. The van der Waals surface area contributed by atoms with Crippen molar-refractivity contribution in [2.24, 2.45) is 0 Å². The number of hydrogen-bond acceptors (Lipinski definition) is 5. The topological polar surface area (TPSA) is 36.3 Å². The summed E-state index contributed by atoms with van der Waals surface area (Å²) in [5, 5.41) is 7.45. The lowest BCUT2D eigenvalue weighted by Gasteiger charge is -2.27. The van der Waals surface area contributed by atoms with Crippen molar-refractivity contribution in [3.8, 4) is 33.3 Å². The molecule has 1 aliphatic rings. The summed E-state index contributed by atoms with van der Waals surface area (Å²) in [6.45, 7) is 5.61. The fourth-order valence-electron chi connectivity index (χ4n) is 3.61. The van der Waals surface area contributed by atoms with Crippen LogP contribution in [-0.4, -0.2) is 22.3 Å². The number of hydrogen-bond donors (Lipinski definition) is 0. The van der Waals surface area contributed by atoms with Crippen LogP contribution in [0, 0.1) is 13.8 Å². The van der Waals surface area contributed by atoms with Crippen LogP contribution in [-0.2, 0) is 6.54 Å². The zero-order valence-electron chi connectivity index (χ0n) is 15.7. The zero-order chi connectivity index (χ0) is 19.1. The van der Waals surface area contributed by atoms with Crippen LogP contribution < -0.4 is 9.47 Å². The summed E-state index contributed by atoms with van der Waals surface area (Å²) in [6, 6.07) is 12.2. The van der Waals surface area contributed by atoms with Gasteiger partial charge in [-0.2, -0.15) is 11.3 Å². The molecule has 0 aliphatic carbocycles. The first-order valence-corrected chi connectivity index (χ1v) is 11.0. The van der Waals surface area contributed by atoms with E-state index in [9.17, 15) is 0 Å². The molecule has 0 N–H and O–H groups in total. The van der Waals surface area contributed by atoms with E-state index in [-0.39, 0.29) is 6.10 Å². The number of aryl methyl sites for hydroxylation is 1. The molecule has 0 saturated carbocycles. The fourth-order valence-corrected chi connectivity index (χ4v) is 5.15. The average molecular weight is 409 g/mol. The van der Waals surface area contributed by atoms with Crippen LogP contribution in [0.4, 0.5) is 0 Å². The lowest BCUT2D eigenvalue weighted by atomic mass is 10.2. The molecule has 5 rings (SSSR count). The first-order valence-electron chi connectivity index (χ1n) is 9.23. The van der Waals surface area contributed by atoms with E-state index in [4.69, 9.17) is 14.5 Å². The second-order valence-electron chi connectivity index (χ2n) is 6.94. The molecule has 1 aromatic carbocycles. The minimum absolute atomic E-state index is 0.00986. The Labute approximate surface area is 172 Å². The van der Waals surface area contributed by atoms with E-state index in [0.29, 0.717) is 6.61 Å². The Hall–Kier alpha value is -2.57. The van der Waals surface area contributed by atoms with E-state index < -0.39 is 0 Å². The smallest absolute Gasteiger partial charge is 0.161 e. The number of benzene rings is 1. The predicted molar refractivity (Wildman–Crippen MR) is 115 cm³/mol. The number of fused-ring (bicyclic) bond motifs is 1. The zero-order valence-corrected chi connectivity index (χ0v) is 17.3. The quantitative estimate of drug-likeness (QED) is 0.428. The van der Waals surface area contributed by atoms with Gasteiger partial charge in [-0.1, -0.05) is 12.1 Å². The van der Waals surface area contributed by atoms with Gasteiger partial charge in [-0.3, -0.25) is 0 Å². The number of aromatic nitrogens is 2. The van der Waals surface area contributed by atoms with Gasteiger partial charge >= 0.3 is 0 Å². The van der Waals surface area contributed by atoms with Crippen molar-refractivity contribution in [3.63, 3.8) is 0 Å². The predicted octanol–water partition coefficient (Wildman–Crippen LogP) is 5.80. The molecule has 0 radical (unpaired) electrons. The van der Waals surface area contributed by atoms with Gasteiger partial charge in [-0.25, -0.2) is 4.98 Å². The van der Waals surface area contributed by atoms with Crippen LogP contribution in [0.1, 0.15) is 11.4 Å². The number of para-hydroxylation sites is 2. The molecule has 28 heavy (non-hydrogen) atoms. The van der Waals surface area contributed by atoms with E-state index in [1.165, 1.54) is 22.5 Å². The normalized spacial score (nSPS) is 15.7. The van der Waals surface area contributed by atoms with Crippen molar-refractivity contribution in [1.29, 1.82) is 0 Å². The minimum atomic E-state index is -0.00986. The molecule has 142 valence electrons. The highest BCUT2D eigenvalue weighted by Gasteiger charge is 2.23. The van der Waals surface area contributed by atoms with Crippen molar-refractivity contribution in [1.82, 2.24) is 9.55 Å². The van der Waals surface area contributed by atoms with Gasteiger partial charge in [0.1, 0.15) is 11.6 Å². The van der Waals surface area contributed by atoms with E-state index in [0.717, 1.165) is 28.7 Å². The van der Waals surface area contributed by atoms with Crippen LogP contribution in [0.5, 0.6) is 11.5 Å². The molecule has 1 atom stereocenters. The Kier molecular flexibility index (Phi) is 4.45. The summed E-state index contributed by atoms with van der Waals surface area (Å²) < 4.78 is 14.3. The molecule has 1 unspecified atom stereocenters. The maximum Gasteiger partial charge on any atom is 0.161 e. The molecule has 0 fully saturated rings. The van der Waals surface area contributed by atoms with E-state index in [2.05, 4.69) is 46.7 Å². The monoisotopic (exact) mass is 408 g/mol. The Balaban J connectivity index is 1.40. The molecular weight excluding hydrogens is 388 g/mol. The van der Waals surface area contributed by atoms with E-state index in [1.807, 2.05) is 24.3 Å². The van der Waals surface area contributed by atoms with Gasteiger partial charge in [0.25, 0.3) is 0 Å². The lowest BCUT2D eigenvalue weighted by molar-refractivity contribution is 0.0778. The van der Waals surface area contributed by atoms with Gasteiger partial charge in [0.05, 0.1) is 12.2 Å². The molecule has 0 saturated heterocycles. The Morgan fingerprint density at radius 2 is 2.00 bits per heavy atom. The summed E-state index contributed by atoms with van der Waals surface area (Å²) in [5.41, 5.74) is 5.84. The SMILES string of the molecule is Cc1cc(-c2csc(-c3ccsc3)n2)c(C)n1CC1COc2ccccc2O1. The molecule has 4 aromatic rings.